The first kappa shape index (κ1) is 20.2. The summed E-state index contributed by atoms with van der Waals surface area (Å²) in [5.74, 6) is 0.950. The number of H-pyrrole nitrogens is 1. The molecule has 0 bridgehead atoms. The molecule has 31 heavy (non-hydrogen) atoms. The summed E-state index contributed by atoms with van der Waals surface area (Å²) in [4.78, 5) is 30.8. The van der Waals surface area contributed by atoms with E-state index in [1.54, 1.807) is 24.5 Å². The van der Waals surface area contributed by atoms with Gasteiger partial charge < -0.3 is 16.0 Å². The van der Waals surface area contributed by atoms with Crippen molar-refractivity contribution in [3.8, 4) is 22.6 Å². The van der Waals surface area contributed by atoms with Crippen molar-refractivity contribution in [3.63, 3.8) is 0 Å². The summed E-state index contributed by atoms with van der Waals surface area (Å²) in [6.07, 6.45) is 5.44. The lowest BCUT2D eigenvalue weighted by molar-refractivity contribution is -0.384. The normalized spacial score (nSPS) is 10.7. The Hall–Kier alpha value is -4.05. The fourth-order valence-electron chi connectivity index (χ4n) is 3.12. The Morgan fingerprint density at radius 1 is 1.13 bits per heavy atom. The van der Waals surface area contributed by atoms with Crippen molar-refractivity contribution in [2.75, 3.05) is 17.6 Å². The molecule has 0 aliphatic carbocycles. The second kappa shape index (κ2) is 8.76. The molecule has 0 saturated carbocycles. The first-order chi connectivity index (χ1) is 15.0. The number of nitro groups is 1. The lowest BCUT2D eigenvalue weighted by Crippen LogP contribution is -2.10. The lowest BCUT2D eigenvalue weighted by Gasteiger charge is -2.12. The number of halogens is 1. The van der Waals surface area contributed by atoms with Gasteiger partial charge in [0.15, 0.2) is 0 Å². The zero-order valence-electron chi connectivity index (χ0n) is 16.1. The number of aromatic amines is 1. The number of nitrogen functional groups attached to an aromatic ring is 1. The molecule has 0 radical (unpaired) electrons. The summed E-state index contributed by atoms with van der Waals surface area (Å²) in [5.41, 5.74) is 8.60. The topological polar surface area (TPSA) is 149 Å². The number of pyridine rings is 1. The number of hydrogen-bond acceptors (Lipinski definition) is 8. The van der Waals surface area contributed by atoms with Gasteiger partial charge in [-0.3, -0.25) is 10.1 Å². The highest BCUT2D eigenvalue weighted by molar-refractivity contribution is 6.30. The third kappa shape index (κ3) is 4.43. The van der Waals surface area contributed by atoms with Crippen LogP contribution < -0.4 is 11.1 Å². The van der Waals surface area contributed by atoms with Crippen molar-refractivity contribution < 1.29 is 4.92 Å². The highest BCUT2D eigenvalue weighted by Crippen LogP contribution is 2.31. The minimum absolute atomic E-state index is 0.140. The standard InChI is InChI=1S/C20H17ClN8O2/c21-13-3-1-12(2-4-13)18-17(20-24-9-10-25-20)14(26-11-27-18)7-8-23-16-6-5-15(29(30)31)19(22)28-16/h1-6,9-11H,7-8H2,(H,24,25)(H3,22,23,28). The van der Waals surface area contributed by atoms with E-state index in [0.29, 0.717) is 29.6 Å². The number of benzene rings is 1. The fourth-order valence-corrected chi connectivity index (χ4v) is 3.24. The molecule has 11 heteroatoms. The smallest absolute Gasteiger partial charge is 0.311 e. The maximum Gasteiger partial charge on any atom is 0.311 e. The first-order valence-corrected chi connectivity index (χ1v) is 9.65. The van der Waals surface area contributed by atoms with Crippen molar-refractivity contribution in [2.45, 2.75) is 6.42 Å². The molecule has 3 aromatic heterocycles. The molecule has 3 heterocycles. The largest absolute Gasteiger partial charge is 0.378 e. The van der Waals surface area contributed by atoms with Crippen molar-refractivity contribution in [1.29, 1.82) is 0 Å². The Morgan fingerprint density at radius 2 is 1.94 bits per heavy atom. The van der Waals surface area contributed by atoms with Gasteiger partial charge in [0.25, 0.3) is 0 Å². The van der Waals surface area contributed by atoms with E-state index >= 15 is 0 Å². The van der Waals surface area contributed by atoms with E-state index in [1.165, 1.54) is 18.5 Å². The quantitative estimate of drug-likeness (QED) is 0.293. The molecule has 4 aromatic rings. The predicted molar refractivity (Wildman–Crippen MR) is 118 cm³/mol. The van der Waals surface area contributed by atoms with Crippen LogP contribution in [-0.4, -0.2) is 36.4 Å². The van der Waals surface area contributed by atoms with Crippen LogP contribution in [0.2, 0.25) is 5.02 Å². The highest BCUT2D eigenvalue weighted by atomic mass is 35.5. The van der Waals surface area contributed by atoms with Gasteiger partial charge in [-0.05, 0) is 18.2 Å². The average Bonchev–Trinajstić information content (AvgIpc) is 3.28. The van der Waals surface area contributed by atoms with Crippen LogP contribution in [0, 0.1) is 10.1 Å². The summed E-state index contributed by atoms with van der Waals surface area (Å²) >= 11 is 6.02. The Labute approximate surface area is 181 Å². The van der Waals surface area contributed by atoms with Crippen LogP contribution in [0.5, 0.6) is 0 Å². The number of nitrogens with zero attached hydrogens (tertiary/aromatic N) is 5. The van der Waals surface area contributed by atoms with E-state index < -0.39 is 4.92 Å². The van der Waals surface area contributed by atoms with Gasteiger partial charge in [-0.25, -0.2) is 19.9 Å². The van der Waals surface area contributed by atoms with E-state index in [-0.39, 0.29) is 11.5 Å². The van der Waals surface area contributed by atoms with Crippen molar-refractivity contribution in [1.82, 2.24) is 24.9 Å². The Kier molecular flexibility index (Phi) is 5.72. The summed E-state index contributed by atoms with van der Waals surface area (Å²) in [6, 6.07) is 10.2. The number of anilines is 2. The van der Waals surface area contributed by atoms with Crippen LogP contribution in [0.4, 0.5) is 17.3 Å². The van der Waals surface area contributed by atoms with Crippen LogP contribution in [0.25, 0.3) is 22.6 Å². The van der Waals surface area contributed by atoms with E-state index in [9.17, 15) is 10.1 Å². The van der Waals surface area contributed by atoms with Gasteiger partial charge in [-0.15, -0.1) is 0 Å². The van der Waals surface area contributed by atoms with Gasteiger partial charge in [0.1, 0.15) is 18.0 Å². The number of hydrogen-bond donors (Lipinski definition) is 3. The van der Waals surface area contributed by atoms with Crippen LogP contribution in [0.1, 0.15) is 5.69 Å². The van der Waals surface area contributed by atoms with Gasteiger partial charge in [0, 0.05) is 42.0 Å². The number of aromatic nitrogens is 5. The summed E-state index contributed by atoms with van der Waals surface area (Å²) < 4.78 is 0. The molecule has 0 fully saturated rings. The van der Waals surface area contributed by atoms with E-state index in [2.05, 4.69) is 30.2 Å². The molecule has 0 aliphatic heterocycles. The molecule has 0 amide bonds. The molecule has 10 nitrogen and oxygen atoms in total. The second-order valence-corrected chi connectivity index (χ2v) is 6.96. The lowest BCUT2D eigenvalue weighted by atomic mass is 10.0. The van der Waals surface area contributed by atoms with Crippen molar-refractivity contribution >= 4 is 28.9 Å². The zero-order valence-corrected chi connectivity index (χ0v) is 16.9. The monoisotopic (exact) mass is 436 g/mol. The minimum atomic E-state index is -0.569. The number of nitrogens with two attached hydrogens (primary N) is 1. The molecule has 4 N–H and O–H groups in total. The Morgan fingerprint density at radius 3 is 2.61 bits per heavy atom. The average molecular weight is 437 g/mol. The maximum absolute atomic E-state index is 10.9. The molecular formula is C20H17ClN8O2. The molecule has 0 aliphatic rings. The van der Waals surface area contributed by atoms with E-state index in [0.717, 1.165) is 22.5 Å². The SMILES string of the molecule is Nc1nc(NCCc2ncnc(-c3ccc(Cl)cc3)c2-c2ncc[nH]2)ccc1[N+](=O)[O-]. The van der Waals surface area contributed by atoms with Crippen molar-refractivity contribution in [3.05, 3.63) is 76.0 Å². The molecule has 0 saturated heterocycles. The molecule has 1 aromatic carbocycles. The summed E-state index contributed by atoms with van der Waals surface area (Å²) in [7, 11) is 0. The molecule has 0 unspecified atom stereocenters. The maximum atomic E-state index is 10.9. The minimum Gasteiger partial charge on any atom is -0.378 e. The molecule has 0 atom stereocenters. The van der Waals surface area contributed by atoms with E-state index in [1.807, 2.05) is 12.1 Å². The Balaban J connectivity index is 1.60. The van der Waals surface area contributed by atoms with Crippen LogP contribution in [0.15, 0.2) is 55.1 Å². The highest BCUT2D eigenvalue weighted by Gasteiger charge is 2.17. The molecular weight excluding hydrogens is 420 g/mol. The number of rotatable bonds is 7. The van der Waals surface area contributed by atoms with Gasteiger partial charge in [0.2, 0.25) is 5.82 Å². The summed E-state index contributed by atoms with van der Waals surface area (Å²) in [5, 5.41) is 14.6. The molecule has 156 valence electrons. The summed E-state index contributed by atoms with van der Waals surface area (Å²) in [6.45, 7) is 0.467. The third-order valence-corrected chi connectivity index (χ3v) is 4.80. The molecule has 4 rings (SSSR count). The van der Waals surface area contributed by atoms with Gasteiger partial charge in [0.05, 0.1) is 21.9 Å². The Bertz CT molecular complexity index is 1210. The van der Waals surface area contributed by atoms with Crippen LogP contribution in [-0.2, 0) is 6.42 Å². The van der Waals surface area contributed by atoms with Gasteiger partial charge in [-0.2, -0.15) is 0 Å². The number of imidazole rings is 1. The molecule has 0 spiro atoms. The first-order valence-electron chi connectivity index (χ1n) is 9.27. The van der Waals surface area contributed by atoms with E-state index in [4.69, 9.17) is 17.3 Å². The fraction of sp³-hybridized carbons (Fsp3) is 0.100. The second-order valence-electron chi connectivity index (χ2n) is 6.52. The predicted octanol–water partition coefficient (Wildman–Crippen LogP) is 3.73. The van der Waals surface area contributed by atoms with Gasteiger partial charge in [-0.1, -0.05) is 23.7 Å². The zero-order chi connectivity index (χ0) is 21.8. The van der Waals surface area contributed by atoms with Gasteiger partial charge >= 0.3 is 5.69 Å². The van der Waals surface area contributed by atoms with Crippen LogP contribution >= 0.6 is 11.6 Å². The van der Waals surface area contributed by atoms with Crippen LogP contribution in [0.3, 0.4) is 0 Å². The third-order valence-electron chi connectivity index (χ3n) is 4.55. The van der Waals surface area contributed by atoms with Crippen molar-refractivity contribution in [2.24, 2.45) is 0 Å². The number of nitrogens with one attached hydrogen (secondary N) is 2.